The topological polar surface area (TPSA) is 42.2 Å². The molecule has 0 amide bonds. The summed E-state index contributed by atoms with van der Waals surface area (Å²) in [6.07, 6.45) is 5.89. The molecule has 1 aliphatic carbocycles. The molecule has 78 valence electrons. The van der Waals surface area contributed by atoms with Crippen LogP contribution in [0.1, 0.15) is 12.8 Å². The van der Waals surface area contributed by atoms with E-state index >= 15 is 0 Å². The van der Waals surface area contributed by atoms with Crippen molar-refractivity contribution < 1.29 is 0 Å². The Morgan fingerprint density at radius 2 is 2.33 bits per heavy atom. The van der Waals surface area contributed by atoms with Crippen LogP contribution in [0.5, 0.6) is 0 Å². The number of fused-ring (bicyclic) bond motifs is 1. The van der Waals surface area contributed by atoms with Crippen LogP contribution in [0.4, 0.5) is 5.82 Å². The van der Waals surface area contributed by atoms with Crippen LogP contribution in [0.25, 0.3) is 5.65 Å². The third-order valence-corrected chi connectivity index (χ3v) is 3.27. The summed E-state index contributed by atoms with van der Waals surface area (Å²) in [5.74, 6) is 1.51. The zero-order valence-electron chi connectivity index (χ0n) is 8.15. The Bertz CT molecular complexity index is 489. The Labute approximate surface area is 92.3 Å². The van der Waals surface area contributed by atoms with Crippen molar-refractivity contribution in [1.29, 1.82) is 0 Å². The van der Waals surface area contributed by atoms with Gasteiger partial charge in [-0.15, -0.1) is 11.6 Å². The highest BCUT2D eigenvalue weighted by Gasteiger charge is 2.42. The first-order chi connectivity index (χ1) is 7.31. The third kappa shape index (κ3) is 1.55. The van der Waals surface area contributed by atoms with Crippen LogP contribution in [-0.4, -0.2) is 26.0 Å². The number of alkyl halides is 1. The van der Waals surface area contributed by atoms with Gasteiger partial charge < -0.3 is 5.32 Å². The van der Waals surface area contributed by atoms with E-state index in [0.29, 0.717) is 5.88 Å². The number of anilines is 1. The molecule has 2 aromatic rings. The Balaban J connectivity index is 1.91. The van der Waals surface area contributed by atoms with E-state index in [0.717, 1.165) is 24.3 Å². The van der Waals surface area contributed by atoms with Crippen LogP contribution in [0.3, 0.4) is 0 Å². The summed E-state index contributed by atoms with van der Waals surface area (Å²) in [6, 6.07) is 3.80. The normalized spacial score (nSPS) is 17.9. The molecule has 4 nitrogen and oxygen atoms in total. The zero-order valence-corrected chi connectivity index (χ0v) is 8.91. The molecule has 2 heterocycles. The summed E-state index contributed by atoms with van der Waals surface area (Å²) in [5.41, 5.74) is 0.942. The van der Waals surface area contributed by atoms with E-state index in [1.165, 1.54) is 0 Å². The Kier molecular flexibility index (Phi) is 1.85. The minimum absolute atomic E-state index is 0.0902. The first-order valence-corrected chi connectivity index (χ1v) is 5.49. The molecule has 5 heteroatoms. The molecular weight excluding hydrogens is 212 g/mol. The van der Waals surface area contributed by atoms with Gasteiger partial charge in [-0.2, -0.15) is 5.10 Å². The maximum atomic E-state index is 5.89. The van der Waals surface area contributed by atoms with Crippen LogP contribution in [0.2, 0.25) is 0 Å². The third-order valence-electron chi connectivity index (χ3n) is 2.76. The largest absolute Gasteiger partial charge is 0.363 e. The maximum Gasteiger partial charge on any atom is 0.157 e. The molecule has 0 spiro atoms. The minimum Gasteiger partial charge on any atom is -0.363 e. The van der Waals surface area contributed by atoms with Crippen LogP contribution < -0.4 is 5.32 Å². The van der Waals surface area contributed by atoms with Gasteiger partial charge in [-0.1, -0.05) is 0 Å². The molecule has 1 N–H and O–H groups in total. The van der Waals surface area contributed by atoms with Crippen molar-refractivity contribution in [3.05, 3.63) is 24.5 Å². The van der Waals surface area contributed by atoms with Gasteiger partial charge in [0.15, 0.2) is 5.65 Å². The van der Waals surface area contributed by atoms with E-state index in [-0.39, 0.29) is 5.54 Å². The molecular formula is C10H11ClN4. The van der Waals surface area contributed by atoms with E-state index in [9.17, 15) is 0 Å². The highest BCUT2D eigenvalue weighted by Crippen LogP contribution is 2.39. The monoisotopic (exact) mass is 222 g/mol. The van der Waals surface area contributed by atoms with E-state index in [4.69, 9.17) is 11.6 Å². The van der Waals surface area contributed by atoms with Gasteiger partial charge in [0.2, 0.25) is 0 Å². The molecule has 0 bridgehead atoms. The van der Waals surface area contributed by atoms with Gasteiger partial charge in [0.1, 0.15) is 5.82 Å². The average Bonchev–Trinajstić information content (AvgIpc) is 2.88. The van der Waals surface area contributed by atoms with Crippen LogP contribution in [0.15, 0.2) is 24.5 Å². The van der Waals surface area contributed by atoms with Crippen molar-refractivity contribution in [3.63, 3.8) is 0 Å². The number of hydrogen-bond acceptors (Lipinski definition) is 3. The zero-order chi connectivity index (χ0) is 10.3. The Hall–Kier alpha value is -1.29. The number of aromatic nitrogens is 3. The fraction of sp³-hybridized carbons (Fsp3) is 0.400. The molecule has 0 atom stereocenters. The van der Waals surface area contributed by atoms with Crippen molar-refractivity contribution in [2.45, 2.75) is 18.4 Å². The van der Waals surface area contributed by atoms with Gasteiger partial charge in [0.05, 0.1) is 11.7 Å². The lowest BCUT2D eigenvalue weighted by Crippen LogP contribution is -2.23. The van der Waals surface area contributed by atoms with Gasteiger partial charge in [-0.25, -0.2) is 9.50 Å². The van der Waals surface area contributed by atoms with Crippen LogP contribution >= 0.6 is 11.6 Å². The molecule has 0 aromatic carbocycles. The smallest absolute Gasteiger partial charge is 0.157 e. The lowest BCUT2D eigenvalue weighted by atomic mass is 10.3. The van der Waals surface area contributed by atoms with E-state index < -0.39 is 0 Å². The van der Waals surface area contributed by atoms with Crippen LogP contribution in [0, 0.1) is 0 Å². The van der Waals surface area contributed by atoms with Crippen molar-refractivity contribution >= 4 is 23.1 Å². The molecule has 15 heavy (non-hydrogen) atoms. The summed E-state index contributed by atoms with van der Waals surface area (Å²) < 4.78 is 1.74. The van der Waals surface area contributed by atoms with E-state index in [1.807, 2.05) is 18.3 Å². The lowest BCUT2D eigenvalue weighted by molar-refractivity contribution is 0.826. The minimum atomic E-state index is 0.0902. The number of nitrogens with zero attached hydrogens (tertiary/aromatic N) is 3. The van der Waals surface area contributed by atoms with Crippen molar-refractivity contribution in [2.75, 3.05) is 11.2 Å². The quantitative estimate of drug-likeness (QED) is 0.807. The lowest BCUT2D eigenvalue weighted by Gasteiger charge is -2.14. The van der Waals surface area contributed by atoms with Gasteiger partial charge >= 0.3 is 0 Å². The molecule has 2 aromatic heterocycles. The highest BCUT2D eigenvalue weighted by molar-refractivity contribution is 6.19. The van der Waals surface area contributed by atoms with Gasteiger partial charge in [-0.3, -0.25) is 0 Å². The predicted octanol–water partition coefficient (Wildman–Crippen LogP) is 1.91. The molecule has 0 radical (unpaired) electrons. The van der Waals surface area contributed by atoms with Crippen LogP contribution in [-0.2, 0) is 0 Å². The SMILES string of the molecule is ClCC1(Nc2ccn3nccc3n2)CC1. The standard InChI is InChI=1S/C10H11ClN4/c11-7-10(3-4-10)14-8-2-6-15-9(13-8)1-5-12-15/h1-2,5-6H,3-4,7H2,(H,13,14). The fourth-order valence-electron chi connectivity index (χ4n) is 1.60. The number of hydrogen-bond donors (Lipinski definition) is 1. The molecule has 1 aliphatic rings. The summed E-state index contributed by atoms with van der Waals surface area (Å²) in [7, 11) is 0. The number of rotatable bonds is 3. The molecule has 1 saturated carbocycles. The van der Waals surface area contributed by atoms with E-state index in [1.54, 1.807) is 10.7 Å². The van der Waals surface area contributed by atoms with E-state index in [2.05, 4.69) is 15.4 Å². The van der Waals surface area contributed by atoms with Crippen molar-refractivity contribution in [3.8, 4) is 0 Å². The fourth-order valence-corrected chi connectivity index (χ4v) is 1.93. The second-order valence-corrected chi connectivity index (χ2v) is 4.25. The predicted molar refractivity (Wildman–Crippen MR) is 59.3 cm³/mol. The number of halogens is 1. The summed E-state index contributed by atoms with van der Waals surface area (Å²) in [4.78, 5) is 4.44. The van der Waals surface area contributed by atoms with Crippen molar-refractivity contribution in [2.24, 2.45) is 0 Å². The average molecular weight is 223 g/mol. The first-order valence-electron chi connectivity index (χ1n) is 4.96. The highest BCUT2D eigenvalue weighted by atomic mass is 35.5. The van der Waals surface area contributed by atoms with Crippen molar-refractivity contribution in [1.82, 2.24) is 14.6 Å². The first kappa shape index (κ1) is 8.97. The second kappa shape index (κ2) is 3.10. The molecule has 0 unspecified atom stereocenters. The Morgan fingerprint density at radius 1 is 1.47 bits per heavy atom. The summed E-state index contributed by atoms with van der Waals surface area (Å²) in [6.45, 7) is 0. The number of nitrogens with one attached hydrogen (secondary N) is 1. The molecule has 3 rings (SSSR count). The molecule has 1 fully saturated rings. The van der Waals surface area contributed by atoms with Gasteiger partial charge in [0.25, 0.3) is 0 Å². The molecule has 0 aliphatic heterocycles. The summed E-state index contributed by atoms with van der Waals surface area (Å²) in [5, 5.41) is 7.47. The summed E-state index contributed by atoms with van der Waals surface area (Å²) >= 11 is 5.89. The van der Waals surface area contributed by atoms with Gasteiger partial charge in [-0.05, 0) is 18.9 Å². The molecule has 0 saturated heterocycles. The Morgan fingerprint density at radius 3 is 3.07 bits per heavy atom. The van der Waals surface area contributed by atoms with Gasteiger partial charge in [0, 0.05) is 18.1 Å². The maximum absolute atomic E-state index is 5.89. The second-order valence-electron chi connectivity index (χ2n) is 3.99.